The normalized spacial score (nSPS) is 24.8. The lowest BCUT2D eigenvalue weighted by molar-refractivity contribution is 0.215. The Labute approximate surface area is 148 Å². The summed E-state index contributed by atoms with van der Waals surface area (Å²) < 4.78 is 5.30. The summed E-state index contributed by atoms with van der Waals surface area (Å²) in [5, 5.41) is 2.83. The van der Waals surface area contributed by atoms with E-state index in [1.165, 1.54) is 11.3 Å². The molecule has 5 nitrogen and oxygen atoms in total. The van der Waals surface area contributed by atoms with E-state index >= 15 is 0 Å². The summed E-state index contributed by atoms with van der Waals surface area (Å²) in [6.45, 7) is 3.44. The number of rotatable bonds is 2. The molecule has 2 aliphatic rings. The van der Waals surface area contributed by atoms with Gasteiger partial charge in [-0.15, -0.1) is 0 Å². The van der Waals surface area contributed by atoms with Crippen LogP contribution < -0.4 is 15.0 Å². The Bertz CT molecular complexity index is 808. The van der Waals surface area contributed by atoms with Gasteiger partial charge in [0.15, 0.2) is 0 Å². The van der Waals surface area contributed by atoms with Crippen molar-refractivity contribution in [2.75, 3.05) is 30.9 Å². The maximum atomic E-state index is 12.1. The minimum absolute atomic E-state index is 0.141. The number of carbonyl (C=O) groups excluding carboxylic acids is 1. The summed E-state index contributed by atoms with van der Waals surface area (Å²) in [7, 11) is 4.30. The zero-order valence-corrected chi connectivity index (χ0v) is 14.8. The van der Waals surface area contributed by atoms with Crippen LogP contribution in [0.25, 0.3) is 0 Å². The van der Waals surface area contributed by atoms with Gasteiger partial charge in [0, 0.05) is 30.4 Å². The maximum Gasteiger partial charge on any atom is 0.417 e. The van der Waals surface area contributed by atoms with E-state index in [1.807, 2.05) is 30.3 Å². The van der Waals surface area contributed by atoms with Crippen LogP contribution in [0.5, 0.6) is 5.75 Å². The highest BCUT2D eigenvalue weighted by atomic mass is 16.6. The van der Waals surface area contributed by atoms with Gasteiger partial charge < -0.3 is 9.64 Å². The van der Waals surface area contributed by atoms with E-state index in [-0.39, 0.29) is 5.41 Å². The number of likely N-dealkylation sites (N-methyl/N-ethyl adjacent to an activating group) is 2. The predicted octanol–water partition coefficient (Wildman–Crippen LogP) is 3.67. The second-order valence-corrected chi connectivity index (χ2v) is 7.19. The van der Waals surface area contributed by atoms with Gasteiger partial charge in [0.05, 0.1) is 6.17 Å². The summed E-state index contributed by atoms with van der Waals surface area (Å²) in [6, 6.07) is 15.2. The molecule has 0 radical (unpaired) electrons. The van der Waals surface area contributed by atoms with Crippen molar-refractivity contribution in [3.8, 4) is 5.75 Å². The zero-order chi connectivity index (χ0) is 17.6. The Kier molecular flexibility index (Phi) is 3.69. The van der Waals surface area contributed by atoms with Crippen molar-refractivity contribution in [3.63, 3.8) is 0 Å². The molecule has 1 fully saturated rings. The number of carbonyl (C=O) groups is 1. The third-order valence-corrected chi connectivity index (χ3v) is 5.53. The Morgan fingerprint density at radius 2 is 1.96 bits per heavy atom. The number of amides is 1. The fourth-order valence-electron chi connectivity index (χ4n) is 4.40. The van der Waals surface area contributed by atoms with Gasteiger partial charge in [-0.05, 0) is 43.3 Å². The van der Waals surface area contributed by atoms with Gasteiger partial charge in [-0.1, -0.05) is 31.2 Å². The van der Waals surface area contributed by atoms with Crippen LogP contribution in [0.1, 0.15) is 18.9 Å². The highest BCUT2D eigenvalue weighted by Crippen LogP contribution is 2.51. The second-order valence-electron chi connectivity index (χ2n) is 7.19. The molecule has 5 heteroatoms. The van der Waals surface area contributed by atoms with Crippen molar-refractivity contribution in [3.05, 3.63) is 54.1 Å². The summed E-state index contributed by atoms with van der Waals surface area (Å²) >= 11 is 0. The number of nitrogens with zero attached hydrogens (tertiary/aromatic N) is 2. The third-order valence-electron chi connectivity index (χ3n) is 5.53. The van der Waals surface area contributed by atoms with Crippen LogP contribution in [0.4, 0.5) is 16.2 Å². The predicted molar refractivity (Wildman–Crippen MR) is 99.3 cm³/mol. The highest BCUT2D eigenvalue weighted by molar-refractivity contribution is 5.87. The first-order valence-electron chi connectivity index (χ1n) is 8.60. The molecule has 2 aromatic carbocycles. The molecular weight excluding hydrogens is 314 g/mol. The Hall–Kier alpha value is -2.53. The quantitative estimate of drug-likeness (QED) is 0.908. The van der Waals surface area contributed by atoms with E-state index in [4.69, 9.17) is 4.74 Å². The second kappa shape index (κ2) is 5.77. The number of anilines is 2. The van der Waals surface area contributed by atoms with E-state index in [2.05, 4.69) is 42.2 Å². The molecule has 1 N–H and O–H groups in total. The number of hydrogen-bond acceptors (Lipinski definition) is 4. The lowest BCUT2D eigenvalue weighted by Gasteiger charge is -2.32. The van der Waals surface area contributed by atoms with Crippen LogP contribution >= 0.6 is 0 Å². The van der Waals surface area contributed by atoms with Gasteiger partial charge in [-0.25, -0.2) is 4.79 Å². The number of ether oxygens (including phenoxy) is 1. The van der Waals surface area contributed by atoms with E-state index in [1.54, 1.807) is 12.1 Å². The van der Waals surface area contributed by atoms with E-state index in [9.17, 15) is 4.79 Å². The fourth-order valence-corrected chi connectivity index (χ4v) is 4.40. The topological polar surface area (TPSA) is 44.8 Å². The molecular formula is C20H23N3O2. The van der Waals surface area contributed by atoms with Crippen LogP contribution in [0, 0.1) is 0 Å². The molecule has 4 rings (SSSR count). The monoisotopic (exact) mass is 337 g/mol. The molecule has 2 heterocycles. The molecule has 0 aliphatic carbocycles. The first-order valence-corrected chi connectivity index (χ1v) is 8.60. The molecule has 2 aromatic rings. The first kappa shape index (κ1) is 16.0. The van der Waals surface area contributed by atoms with Gasteiger partial charge in [-0.2, -0.15) is 0 Å². The third kappa shape index (κ3) is 2.55. The standard InChI is InChI=1S/C20H23N3O2/c1-20-11-12-22(2)18(20)23(3)17-13-14(9-10-16(17)20)21-19(24)25-15-7-5-4-6-8-15/h4-10,13,18H,11-12H2,1-3H3,(H,21,24)/t18-,20+/m0/s1. The van der Waals surface area contributed by atoms with Crippen molar-refractivity contribution >= 4 is 17.5 Å². The number of para-hydroxylation sites is 1. The van der Waals surface area contributed by atoms with Gasteiger partial charge >= 0.3 is 6.09 Å². The molecule has 0 spiro atoms. The number of nitrogens with one attached hydrogen (secondary N) is 1. The molecule has 130 valence electrons. The Balaban J connectivity index is 1.55. The number of hydrogen-bond donors (Lipinski definition) is 1. The molecule has 0 saturated carbocycles. The van der Waals surface area contributed by atoms with Crippen molar-refractivity contribution in [1.82, 2.24) is 4.90 Å². The lowest BCUT2D eigenvalue weighted by Crippen LogP contribution is -2.45. The maximum absolute atomic E-state index is 12.1. The Morgan fingerprint density at radius 3 is 2.72 bits per heavy atom. The molecule has 2 atom stereocenters. The summed E-state index contributed by atoms with van der Waals surface area (Å²) in [5.74, 6) is 0.530. The fraction of sp³-hybridized carbons (Fsp3) is 0.350. The SMILES string of the molecule is CN1CC[C@]2(C)c3ccc(NC(=O)Oc4ccccc4)cc3N(C)[C@H]12. The average Bonchev–Trinajstić information content (AvgIpc) is 3.01. The zero-order valence-electron chi connectivity index (χ0n) is 14.8. The molecule has 1 saturated heterocycles. The van der Waals surface area contributed by atoms with Crippen LogP contribution in [-0.2, 0) is 5.41 Å². The largest absolute Gasteiger partial charge is 0.417 e. The first-order chi connectivity index (χ1) is 12.0. The molecule has 2 aliphatic heterocycles. The molecule has 1 amide bonds. The van der Waals surface area contributed by atoms with Crippen molar-refractivity contribution in [2.24, 2.45) is 0 Å². The van der Waals surface area contributed by atoms with Gasteiger partial charge in [-0.3, -0.25) is 10.2 Å². The van der Waals surface area contributed by atoms with Gasteiger partial charge in [0.1, 0.15) is 5.75 Å². The van der Waals surface area contributed by atoms with Crippen LogP contribution in [0.15, 0.2) is 48.5 Å². The number of benzene rings is 2. The highest BCUT2D eigenvalue weighted by Gasteiger charge is 2.52. The van der Waals surface area contributed by atoms with Crippen molar-refractivity contribution in [2.45, 2.75) is 24.9 Å². The molecule has 0 bridgehead atoms. The molecule has 0 unspecified atom stereocenters. The number of fused-ring (bicyclic) bond motifs is 3. The lowest BCUT2D eigenvalue weighted by atomic mass is 9.81. The Morgan fingerprint density at radius 1 is 1.20 bits per heavy atom. The molecule has 25 heavy (non-hydrogen) atoms. The van der Waals surface area contributed by atoms with E-state index in [0.717, 1.165) is 18.7 Å². The van der Waals surface area contributed by atoms with Crippen LogP contribution in [-0.4, -0.2) is 37.8 Å². The van der Waals surface area contributed by atoms with Gasteiger partial charge in [0.25, 0.3) is 0 Å². The van der Waals surface area contributed by atoms with Crippen molar-refractivity contribution in [1.29, 1.82) is 0 Å². The minimum atomic E-state index is -0.477. The summed E-state index contributed by atoms with van der Waals surface area (Å²) in [6.07, 6.45) is 1.04. The summed E-state index contributed by atoms with van der Waals surface area (Å²) in [4.78, 5) is 16.8. The van der Waals surface area contributed by atoms with Crippen LogP contribution in [0.2, 0.25) is 0 Å². The number of likely N-dealkylation sites (tertiary alicyclic amines) is 1. The smallest absolute Gasteiger partial charge is 0.410 e. The molecule has 0 aromatic heterocycles. The van der Waals surface area contributed by atoms with Crippen LogP contribution in [0.3, 0.4) is 0 Å². The average molecular weight is 337 g/mol. The van der Waals surface area contributed by atoms with Crippen molar-refractivity contribution < 1.29 is 9.53 Å². The minimum Gasteiger partial charge on any atom is -0.410 e. The van der Waals surface area contributed by atoms with Gasteiger partial charge in [0.2, 0.25) is 0 Å². The summed E-state index contributed by atoms with van der Waals surface area (Å²) in [5.41, 5.74) is 3.42. The van der Waals surface area contributed by atoms with E-state index < -0.39 is 6.09 Å². The van der Waals surface area contributed by atoms with E-state index in [0.29, 0.717) is 11.9 Å².